The smallest absolute Gasteiger partial charge is 0.410 e. The van der Waals surface area contributed by atoms with E-state index in [0.29, 0.717) is 49.8 Å². The second-order valence-electron chi connectivity index (χ2n) is 10.9. The summed E-state index contributed by atoms with van der Waals surface area (Å²) in [6.07, 6.45) is 10.9. The van der Waals surface area contributed by atoms with Gasteiger partial charge in [0.1, 0.15) is 6.10 Å². The molecule has 0 aromatic heterocycles. The van der Waals surface area contributed by atoms with E-state index in [2.05, 4.69) is 21.9 Å². The number of hydrogen-bond acceptors (Lipinski definition) is 6. The van der Waals surface area contributed by atoms with Crippen LogP contribution in [-0.4, -0.2) is 104 Å². The van der Waals surface area contributed by atoms with Gasteiger partial charge in [-0.3, -0.25) is 10.1 Å². The minimum absolute atomic E-state index is 0.0156. The minimum atomic E-state index is -0.300. The van der Waals surface area contributed by atoms with Gasteiger partial charge in [0, 0.05) is 38.2 Å². The molecule has 4 N–H and O–H groups in total. The Morgan fingerprint density at radius 1 is 1.15 bits per heavy atom. The van der Waals surface area contributed by atoms with Gasteiger partial charge in [-0.15, -0.1) is 0 Å². The molecule has 218 valence electrons. The molecule has 0 spiro atoms. The van der Waals surface area contributed by atoms with Crippen molar-refractivity contribution in [1.29, 1.82) is 0 Å². The van der Waals surface area contributed by atoms with Crippen molar-refractivity contribution in [2.45, 2.75) is 37.8 Å². The molecule has 0 bridgehead atoms. The number of aliphatic imine (C=N–C) groups is 2. The zero-order valence-corrected chi connectivity index (χ0v) is 23.9. The fraction of sp³-hybridized carbons (Fsp3) is 0.467. The van der Waals surface area contributed by atoms with Gasteiger partial charge in [0.05, 0.1) is 30.7 Å². The number of quaternary nitrogens is 1. The maximum Gasteiger partial charge on any atom is 0.410 e. The quantitative estimate of drug-likeness (QED) is 0.416. The van der Waals surface area contributed by atoms with E-state index in [9.17, 15) is 9.59 Å². The molecule has 0 saturated carbocycles. The normalized spacial score (nSPS) is 23.4. The van der Waals surface area contributed by atoms with Gasteiger partial charge in [0.2, 0.25) is 11.8 Å². The first-order chi connectivity index (χ1) is 19.9. The van der Waals surface area contributed by atoms with E-state index in [1.54, 1.807) is 29.2 Å². The predicted octanol–water partition coefficient (Wildman–Crippen LogP) is 1.77. The first-order valence-corrected chi connectivity index (χ1v) is 14.3. The molecule has 1 aromatic rings. The van der Waals surface area contributed by atoms with E-state index in [-0.39, 0.29) is 30.1 Å². The summed E-state index contributed by atoms with van der Waals surface area (Å²) in [7, 11) is 4.00. The average molecular weight is 563 g/mol. The van der Waals surface area contributed by atoms with Crippen molar-refractivity contribution in [2.75, 3.05) is 53.5 Å². The number of nitrogens with zero attached hydrogens (tertiary/aromatic N) is 5. The van der Waals surface area contributed by atoms with Crippen LogP contribution in [0.5, 0.6) is 0 Å². The van der Waals surface area contributed by atoms with Gasteiger partial charge in [-0.05, 0) is 81.4 Å². The highest BCUT2D eigenvalue weighted by Crippen LogP contribution is 2.22. The van der Waals surface area contributed by atoms with Gasteiger partial charge in [-0.2, -0.15) is 4.99 Å². The number of ether oxygens (including phenoxy) is 2. The van der Waals surface area contributed by atoms with E-state index in [1.165, 1.54) is 0 Å². The van der Waals surface area contributed by atoms with Gasteiger partial charge >= 0.3 is 6.09 Å². The zero-order valence-electron chi connectivity index (χ0n) is 23.9. The molecular formula is C30H40N7O4+. The van der Waals surface area contributed by atoms with Crippen molar-refractivity contribution < 1.29 is 24.4 Å². The molecule has 0 aliphatic carbocycles. The van der Waals surface area contributed by atoms with Crippen molar-refractivity contribution in [2.24, 2.45) is 15.7 Å². The minimum Gasteiger partial charge on any atom is -0.444 e. The van der Waals surface area contributed by atoms with Gasteiger partial charge in [-0.25, -0.2) is 9.79 Å². The number of hydrogen-bond donors (Lipinski definition) is 2. The number of carbonyl (C=O) groups excluding carboxylic acids is 2. The Kier molecular flexibility index (Phi) is 9.28. The lowest BCUT2D eigenvalue weighted by atomic mass is 9.97. The number of guanidine groups is 1. The summed E-state index contributed by atoms with van der Waals surface area (Å²) >= 11 is 0. The third-order valence-electron chi connectivity index (χ3n) is 8.02. The summed E-state index contributed by atoms with van der Waals surface area (Å²) in [6, 6.07) is 7.42. The van der Waals surface area contributed by atoms with Crippen LogP contribution in [0.25, 0.3) is 0 Å². The first kappa shape index (κ1) is 28.7. The lowest BCUT2D eigenvalue weighted by molar-refractivity contribution is -0.461. The third kappa shape index (κ3) is 7.29. The number of rotatable bonds is 5. The second-order valence-corrected chi connectivity index (χ2v) is 10.9. The molecule has 1 atom stereocenters. The van der Waals surface area contributed by atoms with Gasteiger partial charge < -0.3 is 29.9 Å². The molecule has 2 fully saturated rings. The predicted molar refractivity (Wildman–Crippen MR) is 157 cm³/mol. The highest BCUT2D eigenvalue weighted by atomic mass is 16.6. The van der Waals surface area contributed by atoms with E-state index in [0.717, 1.165) is 43.5 Å². The fourth-order valence-corrected chi connectivity index (χ4v) is 5.46. The molecule has 2 saturated heterocycles. The Bertz CT molecular complexity index is 1270. The zero-order chi connectivity index (χ0) is 28.8. The van der Waals surface area contributed by atoms with Crippen LogP contribution < -0.4 is 11.1 Å². The molecule has 4 aliphatic rings. The van der Waals surface area contributed by atoms with Crippen LogP contribution in [0.4, 0.5) is 10.5 Å². The number of amides is 2. The fourth-order valence-electron chi connectivity index (χ4n) is 5.46. The van der Waals surface area contributed by atoms with Gasteiger partial charge in [0.15, 0.2) is 0 Å². The van der Waals surface area contributed by atoms with E-state index < -0.39 is 0 Å². The lowest BCUT2D eigenvalue weighted by Gasteiger charge is -2.35. The number of benzene rings is 1. The van der Waals surface area contributed by atoms with Crippen LogP contribution in [-0.2, 0) is 9.47 Å². The second kappa shape index (κ2) is 13.2. The van der Waals surface area contributed by atoms with Crippen LogP contribution in [0.3, 0.4) is 0 Å². The molecule has 11 nitrogen and oxygen atoms in total. The standard InChI is InChI=1S/C30H39N7O4/c1-35-15-11-24(12-16-35)36(2)28(38)22-5-7-23(8-6-22)33-29(31)34-27-26(4-3-14-32-27)21-9-17-37(18-10-21)30(39)41-25-13-19-40-20-25/h3-9,14,24-25H,10-13,15-20H2,1-2H3,(H3,31,32,33,34)/p+1. The van der Waals surface area contributed by atoms with Crippen molar-refractivity contribution in [3.8, 4) is 0 Å². The molecular weight excluding hydrogens is 522 g/mol. The number of piperidine rings is 1. The average Bonchev–Trinajstić information content (AvgIpc) is 3.50. The summed E-state index contributed by atoms with van der Waals surface area (Å²) in [5.74, 6) is 0.854. The monoisotopic (exact) mass is 562 g/mol. The Morgan fingerprint density at radius 3 is 2.61 bits per heavy atom. The largest absolute Gasteiger partial charge is 0.444 e. The van der Waals surface area contributed by atoms with Crippen molar-refractivity contribution in [1.82, 2.24) is 14.7 Å². The Morgan fingerprint density at radius 2 is 1.93 bits per heavy atom. The molecule has 1 aromatic carbocycles. The van der Waals surface area contributed by atoms with Crippen LogP contribution in [0, 0.1) is 0 Å². The summed E-state index contributed by atoms with van der Waals surface area (Å²) in [5.41, 5.74) is 9.55. The van der Waals surface area contributed by atoms with E-state index >= 15 is 0 Å². The number of carbonyl (C=O) groups is 2. The number of nitrogens with two attached hydrogens (primary N) is 2. The van der Waals surface area contributed by atoms with Crippen molar-refractivity contribution in [3.63, 3.8) is 0 Å². The highest BCUT2D eigenvalue weighted by Gasteiger charge is 2.28. The highest BCUT2D eigenvalue weighted by molar-refractivity contribution is 6.04. The summed E-state index contributed by atoms with van der Waals surface area (Å²) in [5, 5.41) is 1.90. The maximum absolute atomic E-state index is 13.0. The van der Waals surface area contributed by atoms with Crippen LogP contribution >= 0.6 is 0 Å². The summed E-state index contributed by atoms with van der Waals surface area (Å²) in [6.45, 7) is 4.14. The number of amidine groups is 1. The summed E-state index contributed by atoms with van der Waals surface area (Å²) in [4.78, 5) is 40.4. The first-order valence-electron chi connectivity index (χ1n) is 14.3. The van der Waals surface area contributed by atoms with Crippen LogP contribution in [0.2, 0.25) is 0 Å². The third-order valence-corrected chi connectivity index (χ3v) is 8.02. The Balaban J connectivity index is 1.20. The molecule has 0 radical (unpaired) electrons. The van der Waals surface area contributed by atoms with E-state index in [4.69, 9.17) is 15.2 Å². The molecule has 1 unspecified atom stereocenters. The molecule has 4 heterocycles. The van der Waals surface area contributed by atoms with Crippen molar-refractivity contribution >= 4 is 29.5 Å². The Hall–Kier alpha value is -3.80. The maximum atomic E-state index is 13.0. The van der Waals surface area contributed by atoms with Crippen molar-refractivity contribution in [3.05, 3.63) is 65.4 Å². The molecule has 41 heavy (non-hydrogen) atoms. The summed E-state index contributed by atoms with van der Waals surface area (Å²) < 4.78 is 10.8. The number of likely N-dealkylation sites (tertiary alicyclic amines) is 1. The van der Waals surface area contributed by atoms with E-state index in [1.807, 2.05) is 41.7 Å². The van der Waals surface area contributed by atoms with Crippen LogP contribution in [0.1, 0.15) is 36.0 Å². The lowest BCUT2D eigenvalue weighted by Crippen LogP contribution is -2.83. The van der Waals surface area contributed by atoms with Gasteiger partial charge in [0.25, 0.3) is 5.91 Å². The number of allylic oxidation sites excluding steroid dienone is 2. The topological polar surface area (TPSA) is 130 Å². The molecule has 5 rings (SSSR count). The van der Waals surface area contributed by atoms with Crippen LogP contribution in [0.15, 0.2) is 69.8 Å². The Labute approximate surface area is 241 Å². The molecule has 2 amide bonds. The van der Waals surface area contributed by atoms with Gasteiger partial charge in [-0.1, -0.05) is 6.08 Å². The SMILES string of the molecule is CN1CCC(N(C)C(=O)c2ccc(N=C(N)/N=C3\[NH2+]C=CC=C3C3=CCN(C(=O)OC4CCOC4)CC3)cc2)CC1. The molecule has 11 heteroatoms. The molecule has 4 aliphatic heterocycles.